The molecule has 0 aliphatic carbocycles. The van der Waals surface area contributed by atoms with Crippen LogP contribution in [-0.2, 0) is 15.0 Å². The molecule has 0 saturated heterocycles. The average molecular weight is 257 g/mol. The summed E-state index contributed by atoms with van der Waals surface area (Å²) < 4.78 is 0. The number of imide groups is 1. The van der Waals surface area contributed by atoms with Gasteiger partial charge in [-0.25, -0.2) is 4.90 Å². The van der Waals surface area contributed by atoms with Crippen molar-refractivity contribution in [2.45, 2.75) is 40.0 Å². The van der Waals surface area contributed by atoms with Gasteiger partial charge in [0.15, 0.2) is 0 Å². The lowest BCUT2D eigenvalue weighted by atomic mass is 9.84. The van der Waals surface area contributed by atoms with E-state index in [9.17, 15) is 9.59 Å². The molecular formula is C16H19NO2. The van der Waals surface area contributed by atoms with E-state index in [4.69, 9.17) is 0 Å². The first-order valence-corrected chi connectivity index (χ1v) is 6.39. The molecular weight excluding hydrogens is 238 g/mol. The summed E-state index contributed by atoms with van der Waals surface area (Å²) in [5.74, 6) is -0.528. The molecule has 2 amide bonds. The standard InChI is InChI=1S/C16H19NO2/c1-10-8-12(16(3,4)5)9-11(2)15(10)17-13(18)6-7-14(17)19/h6-9H,1-5H3. The molecule has 0 spiro atoms. The van der Waals surface area contributed by atoms with Crippen molar-refractivity contribution in [3.05, 3.63) is 41.0 Å². The lowest BCUT2D eigenvalue weighted by Crippen LogP contribution is -2.31. The first kappa shape index (κ1) is 13.5. The molecule has 100 valence electrons. The fourth-order valence-electron chi connectivity index (χ4n) is 2.36. The molecule has 0 bridgehead atoms. The number of rotatable bonds is 1. The molecule has 0 saturated carbocycles. The lowest BCUT2D eigenvalue weighted by Gasteiger charge is -2.25. The van der Waals surface area contributed by atoms with E-state index in [1.54, 1.807) is 0 Å². The Kier molecular flexibility index (Phi) is 3.09. The summed E-state index contributed by atoms with van der Waals surface area (Å²) in [7, 11) is 0. The topological polar surface area (TPSA) is 37.4 Å². The summed E-state index contributed by atoms with van der Waals surface area (Å²) in [5.41, 5.74) is 3.88. The van der Waals surface area contributed by atoms with Gasteiger partial charge in [-0.3, -0.25) is 9.59 Å². The van der Waals surface area contributed by atoms with Gasteiger partial charge < -0.3 is 0 Å². The zero-order chi connectivity index (χ0) is 14.4. The third kappa shape index (κ3) is 2.33. The van der Waals surface area contributed by atoms with Gasteiger partial charge in [0.1, 0.15) is 0 Å². The predicted molar refractivity (Wildman–Crippen MR) is 76.2 cm³/mol. The van der Waals surface area contributed by atoms with Crippen LogP contribution in [0.15, 0.2) is 24.3 Å². The number of anilines is 1. The highest BCUT2D eigenvalue weighted by Crippen LogP contribution is 2.33. The average Bonchev–Trinajstić information content (AvgIpc) is 2.58. The number of nitrogens with zero attached hydrogens (tertiary/aromatic N) is 1. The second-order valence-corrected chi connectivity index (χ2v) is 6.05. The summed E-state index contributed by atoms with van der Waals surface area (Å²) in [6.45, 7) is 10.3. The van der Waals surface area contributed by atoms with Crippen molar-refractivity contribution in [3.63, 3.8) is 0 Å². The molecule has 0 radical (unpaired) electrons. The number of hydrogen-bond acceptors (Lipinski definition) is 2. The van der Waals surface area contributed by atoms with Crippen molar-refractivity contribution < 1.29 is 9.59 Å². The van der Waals surface area contributed by atoms with E-state index < -0.39 is 0 Å². The predicted octanol–water partition coefficient (Wildman–Crippen LogP) is 3.03. The second kappa shape index (κ2) is 4.34. The highest BCUT2D eigenvalue weighted by atomic mass is 16.2. The molecule has 0 unspecified atom stereocenters. The fourth-order valence-corrected chi connectivity index (χ4v) is 2.36. The Bertz CT molecular complexity index is 550. The maximum atomic E-state index is 11.8. The Hall–Kier alpha value is -1.90. The van der Waals surface area contributed by atoms with E-state index in [1.807, 2.05) is 13.8 Å². The summed E-state index contributed by atoms with van der Waals surface area (Å²) in [6, 6.07) is 4.11. The molecule has 3 heteroatoms. The van der Waals surface area contributed by atoms with Crippen LogP contribution in [0.2, 0.25) is 0 Å². The zero-order valence-corrected chi connectivity index (χ0v) is 12.1. The highest BCUT2D eigenvalue weighted by Gasteiger charge is 2.28. The van der Waals surface area contributed by atoms with Gasteiger partial charge in [-0.2, -0.15) is 0 Å². The number of carbonyl (C=O) groups excluding carboxylic acids is 2. The van der Waals surface area contributed by atoms with Crippen molar-refractivity contribution in [2.24, 2.45) is 0 Å². The monoisotopic (exact) mass is 257 g/mol. The maximum absolute atomic E-state index is 11.8. The molecule has 3 nitrogen and oxygen atoms in total. The van der Waals surface area contributed by atoms with Crippen LogP contribution in [0.4, 0.5) is 5.69 Å². The molecule has 0 N–H and O–H groups in total. The van der Waals surface area contributed by atoms with E-state index in [0.717, 1.165) is 11.1 Å². The summed E-state index contributed by atoms with van der Waals surface area (Å²) in [4.78, 5) is 24.8. The number of carbonyl (C=O) groups is 2. The van der Waals surface area contributed by atoms with Crippen LogP contribution < -0.4 is 4.90 Å². The van der Waals surface area contributed by atoms with Crippen molar-refractivity contribution in [1.29, 1.82) is 0 Å². The van der Waals surface area contributed by atoms with Crippen LogP contribution in [0.25, 0.3) is 0 Å². The first-order chi connectivity index (χ1) is 8.71. The second-order valence-electron chi connectivity index (χ2n) is 6.05. The van der Waals surface area contributed by atoms with E-state index in [1.165, 1.54) is 22.6 Å². The van der Waals surface area contributed by atoms with Gasteiger partial charge in [0.2, 0.25) is 0 Å². The minimum Gasteiger partial charge on any atom is -0.269 e. The quantitative estimate of drug-likeness (QED) is 0.725. The SMILES string of the molecule is Cc1cc(C(C)(C)C)cc(C)c1N1C(=O)C=CC1=O. The van der Waals surface area contributed by atoms with Gasteiger partial charge in [-0.1, -0.05) is 32.9 Å². The van der Waals surface area contributed by atoms with E-state index in [2.05, 4.69) is 32.9 Å². The molecule has 1 aliphatic rings. The minimum atomic E-state index is -0.264. The Morgan fingerprint density at radius 1 is 0.895 bits per heavy atom. The molecule has 0 atom stereocenters. The van der Waals surface area contributed by atoms with Crippen LogP contribution >= 0.6 is 0 Å². The van der Waals surface area contributed by atoms with E-state index >= 15 is 0 Å². The van der Waals surface area contributed by atoms with Crippen molar-refractivity contribution in [2.75, 3.05) is 4.90 Å². The van der Waals surface area contributed by atoms with Crippen molar-refractivity contribution in [1.82, 2.24) is 0 Å². The van der Waals surface area contributed by atoms with Crippen LogP contribution in [0, 0.1) is 13.8 Å². The van der Waals surface area contributed by atoms with Gasteiger partial charge in [-0.15, -0.1) is 0 Å². The smallest absolute Gasteiger partial charge is 0.258 e. The van der Waals surface area contributed by atoms with Crippen LogP contribution in [0.5, 0.6) is 0 Å². The molecule has 1 aromatic rings. The van der Waals surface area contributed by atoms with Gasteiger partial charge >= 0.3 is 0 Å². The Labute approximate surface area is 113 Å². The summed E-state index contributed by atoms with van der Waals surface area (Å²) >= 11 is 0. The van der Waals surface area contributed by atoms with Gasteiger partial charge in [0.25, 0.3) is 11.8 Å². The number of amides is 2. The third-order valence-electron chi connectivity index (χ3n) is 3.39. The Morgan fingerprint density at radius 3 is 1.68 bits per heavy atom. The van der Waals surface area contributed by atoms with Crippen LogP contribution in [-0.4, -0.2) is 11.8 Å². The van der Waals surface area contributed by atoms with Crippen LogP contribution in [0.3, 0.4) is 0 Å². The molecule has 0 aromatic heterocycles. The summed E-state index contributed by atoms with van der Waals surface area (Å²) in [6.07, 6.45) is 2.64. The van der Waals surface area contributed by atoms with Crippen molar-refractivity contribution >= 4 is 17.5 Å². The molecule has 19 heavy (non-hydrogen) atoms. The maximum Gasteiger partial charge on any atom is 0.258 e. The molecule has 2 rings (SSSR count). The Balaban J connectivity index is 2.55. The fraction of sp³-hybridized carbons (Fsp3) is 0.375. The molecule has 1 heterocycles. The minimum absolute atomic E-state index is 0.0470. The van der Waals surface area contributed by atoms with Crippen molar-refractivity contribution in [3.8, 4) is 0 Å². The van der Waals surface area contributed by atoms with Gasteiger partial charge in [0.05, 0.1) is 5.69 Å². The molecule has 0 fully saturated rings. The van der Waals surface area contributed by atoms with Gasteiger partial charge in [-0.05, 0) is 36.0 Å². The third-order valence-corrected chi connectivity index (χ3v) is 3.39. The number of hydrogen-bond donors (Lipinski definition) is 0. The zero-order valence-electron chi connectivity index (χ0n) is 12.1. The summed E-state index contributed by atoms with van der Waals surface area (Å²) in [5, 5.41) is 0. The Morgan fingerprint density at radius 2 is 1.32 bits per heavy atom. The van der Waals surface area contributed by atoms with Gasteiger partial charge in [0, 0.05) is 12.2 Å². The first-order valence-electron chi connectivity index (χ1n) is 6.39. The molecule has 1 aromatic carbocycles. The number of aryl methyl sites for hydroxylation is 2. The largest absolute Gasteiger partial charge is 0.269 e. The van der Waals surface area contributed by atoms with E-state index in [0.29, 0.717) is 5.69 Å². The number of benzene rings is 1. The lowest BCUT2D eigenvalue weighted by molar-refractivity contribution is -0.120. The van der Waals surface area contributed by atoms with Crippen LogP contribution in [0.1, 0.15) is 37.5 Å². The highest BCUT2D eigenvalue weighted by molar-refractivity contribution is 6.28. The van der Waals surface area contributed by atoms with E-state index in [-0.39, 0.29) is 17.2 Å². The molecule has 1 aliphatic heterocycles. The normalized spacial score (nSPS) is 15.5.